The van der Waals surface area contributed by atoms with Crippen molar-refractivity contribution in [2.45, 2.75) is 25.7 Å². The molecule has 1 aromatic rings. The molecule has 20 heavy (non-hydrogen) atoms. The molecule has 2 rings (SSSR count). The van der Waals surface area contributed by atoms with Crippen LogP contribution in [0.1, 0.15) is 36.0 Å². The summed E-state index contributed by atoms with van der Waals surface area (Å²) in [6.45, 7) is 2.49. The molecule has 0 spiro atoms. The Morgan fingerprint density at radius 3 is 2.85 bits per heavy atom. The molecule has 1 fully saturated rings. The van der Waals surface area contributed by atoms with Crippen molar-refractivity contribution in [3.05, 3.63) is 29.8 Å². The maximum absolute atomic E-state index is 12.1. The zero-order valence-electron chi connectivity index (χ0n) is 12.1. The van der Waals surface area contributed by atoms with E-state index in [4.69, 9.17) is 9.47 Å². The number of methoxy groups -OCH3 is 1. The van der Waals surface area contributed by atoms with Crippen molar-refractivity contribution < 1.29 is 14.3 Å². The van der Waals surface area contributed by atoms with Crippen molar-refractivity contribution in [3.63, 3.8) is 0 Å². The Bertz CT molecular complexity index is 427. The Hall–Kier alpha value is -1.55. The van der Waals surface area contributed by atoms with Gasteiger partial charge in [0.2, 0.25) is 0 Å². The Kier molecular flexibility index (Phi) is 5.87. The highest BCUT2D eigenvalue weighted by atomic mass is 16.5. The molecular weight excluding hydrogens is 254 g/mol. The van der Waals surface area contributed by atoms with Crippen LogP contribution in [0.4, 0.5) is 0 Å². The fourth-order valence-electron chi connectivity index (χ4n) is 2.56. The van der Waals surface area contributed by atoms with Crippen molar-refractivity contribution in [3.8, 4) is 5.75 Å². The van der Waals surface area contributed by atoms with E-state index in [9.17, 15) is 4.79 Å². The van der Waals surface area contributed by atoms with E-state index >= 15 is 0 Å². The van der Waals surface area contributed by atoms with E-state index in [1.54, 1.807) is 19.2 Å². The van der Waals surface area contributed by atoms with Crippen molar-refractivity contribution in [2.24, 2.45) is 5.92 Å². The molecule has 1 aliphatic rings. The molecule has 4 heteroatoms. The third-order valence-electron chi connectivity index (χ3n) is 3.77. The normalized spacial score (nSPS) is 15.8. The summed E-state index contributed by atoms with van der Waals surface area (Å²) in [4.78, 5) is 12.1. The molecule has 4 nitrogen and oxygen atoms in total. The second kappa shape index (κ2) is 7.90. The second-order valence-electron chi connectivity index (χ2n) is 5.15. The van der Waals surface area contributed by atoms with Gasteiger partial charge in [0, 0.05) is 19.8 Å². The van der Waals surface area contributed by atoms with Crippen molar-refractivity contribution >= 4 is 5.91 Å². The van der Waals surface area contributed by atoms with Crippen LogP contribution in [0.25, 0.3) is 0 Å². The van der Waals surface area contributed by atoms with Gasteiger partial charge in [0.05, 0.1) is 12.7 Å². The molecule has 1 aromatic carbocycles. The van der Waals surface area contributed by atoms with E-state index in [-0.39, 0.29) is 5.91 Å². The summed E-state index contributed by atoms with van der Waals surface area (Å²) in [6, 6.07) is 7.30. The van der Waals surface area contributed by atoms with Gasteiger partial charge in [-0.3, -0.25) is 4.79 Å². The van der Waals surface area contributed by atoms with E-state index in [1.165, 1.54) is 0 Å². The molecule has 0 unspecified atom stereocenters. The molecule has 0 radical (unpaired) electrons. The van der Waals surface area contributed by atoms with Gasteiger partial charge in [-0.05, 0) is 43.7 Å². The van der Waals surface area contributed by atoms with Gasteiger partial charge < -0.3 is 14.8 Å². The monoisotopic (exact) mass is 277 g/mol. The molecule has 0 atom stereocenters. The summed E-state index contributed by atoms with van der Waals surface area (Å²) in [5.41, 5.74) is 0.598. The Balaban J connectivity index is 1.72. The van der Waals surface area contributed by atoms with Crippen LogP contribution in [0.2, 0.25) is 0 Å². The third kappa shape index (κ3) is 4.23. The fraction of sp³-hybridized carbons (Fsp3) is 0.562. The average molecular weight is 277 g/mol. The van der Waals surface area contributed by atoms with Crippen LogP contribution < -0.4 is 10.1 Å². The summed E-state index contributed by atoms with van der Waals surface area (Å²) < 4.78 is 10.5. The number of hydrogen-bond acceptors (Lipinski definition) is 3. The molecular formula is C16H23NO3. The molecule has 1 aliphatic heterocycles. The van der Waals surface area contributed by atoms with Crippen LogP contribution in [0.5, 0.6) is 5.75 Å². The van der Waals surface area contributed by atoms with Gasteiger partial charge in [-0.1, -0.05) is 12.1 Å². The van der Waals surface area contributed by atoms with Gasteiger partial charge in [-0.2, -0.15) is 0 Å². The lowest BCUT2D eigenvalue weighted by molar-refractivity contribution is 0.0631. The van der Waals surface area contributed by atoms with Gasteiger partial charge in [0.15, 0.2) is 0 Å². The van der Waals surface area contributed by atoms with Crippen LogP contribution in [-0.2, 0) is 4.74 Å². The lowest BCUT2D eigenvalue weighted by Gasteiger charge is -2.21. The number of amides is 1. The fourth-order valence-corrected chi connectivity index (χ4v) is 2.56. The number of nitrogens with one attached hydrogen (secondary N) is 1. The SMILES string of the molecule is COc1ccccc1C(=O)NCCCC1CCOCC1. The number of benzene rings is 1. The van der Waals surface area contributed by atoms with Crippen molar-refractivity contribution in [2.75, 3.05) is 26.9 Å². The van der Waals surface area contributed by atoms with Gasteiger partial charge >= 0.3 is 0 Å². The molecule has 1 amide bonds. The standard InChI is InChI=1S/C16H23NO3/c1-19-15-7-3-2-6-14(15)16(18)17-10-4-5-13-8-11-20-12-9-13/h2-3,6-7,13H,4-5,8-12H2,1H3,(H,17,18). The van der Waals surface area contributed by atoms with Crippen LogP contribution in [-0.4, -0.2) is 32.8 Å². The summed E-state index contributed by atoms with van der Waals surface area (Å²) >= 11 is 0. The predicted molar refractivity (Wildman–Crippen MR) is 78.1 cm³/mol. The zero-order chi connectivity index (χ0) is 14.2. The molecule has 1 saturated heterocycles. The topological polar surface area (TPSA) is 47.6 Å². The smallest absolute Gasteiger partial charge is 0.255 e. The van der Waals surface area contributed by atoms with Gasteiger partial charge in [-0.25, -0.2) is 0 Å². The largest absolute Gasteiger partial charge is 0.496 e. The first-order valence-electron chi connectivity index (χ1n) is 7.30. The Labute approximate surface area is 120 Å². The molecule has 0 bridgehead atoms. The maximum atomic E-state index is 12.1. The number of carbonyl (C=O) groups is 1. The number of hydrogen-bond donors (Lipinski definition) is 1. The quantitative estimate of drug-likeness (QED) is 0.813. The predicted octanol–water partition coefficient (Wildman–Crippen LogP) is 2.63. The lowest BCUT2D eigenvalue weighted by atomic mass is 9.95. The summed E-state index contributed by atoms with van der Waals surface area (Å²) in [5, 5.41) is 2.96. The van der Waals surface area contributed by atoms with E-state index in [0.717, 1.165) is 44.8 Å². The Morgan fingerprint density at radius 1 is 1.35 bits per heavy atom. The van der Waals surface area contributed by atoms with Crippen LogP contribution in [0, 0.1) is 5.92 Å². The highest BCUT2D eigenvalue weighted by Crippen LogP contribution is 2.20. The minimum Gasteiger partial charge on any atom is -0.496 e. The number of para-hydroxylation sites is 1. The van der Waals surface area contributed by atoms with E-state index < -0.39 is 0 Å². The molecule has 0 aromatic heterocycles. The second-order valence-corrected chi connectivity index (χ2v) is 5.15. The first-order chi connectivity index (χ1) is 9.81. The first-order valence-corrected chi connectivity index (χ1v) is 7.30. The number of carbonyl (C=O) groups excluding carboxylic acids is 1. The first kappa shape index (κ1) is 14.9. The van der Waals surface area contributed by atoms with E-state index in [1.807, 2.05) is 12.1 Å². The molecule has 1 heterocycles. The third-order valence-corrected chi connectivity index (χ3v) is 3.77. The number of ether oxygens (including phenoxy) is 2. The summed E-state index contributed by atoms with van der Waals surface area (Å²) in [5.74, 6) is 1.32. The van der Waals surface area contributed by atoms with Crippen LogP contribution >= 0.6 is 0 Å². The van der Waals surface area contributed by atoms with Gasteiger partial charge in [0.25, 0.3) is 5.91 Å². The Morgan fingerprint density at radius 2 is 2.10 bits per heavy atom. The molecule has 1 N–H and O–H groups in total. The minimum atomic E-state index is -0.0607. The zero-order valence-corrected chi connectivity index (χ0v) is 12.1. The average Bonchev–Trinajstić information content (AvgIpc) is 2.52. The number of rotatable bonds is 6. The highest BCUT2D eigenvalue weighted by Gasteiger charge is 2.14. The molecule has 0 saturated carbocycles. The lowest BCUT2D eigenvalue weighted by Crippen LogP contribution is -2.25. The van der Waals surface area contributed by atoms with Crippen molar-refractivity contribution in [1.29, 1.82) is 0 Å². The summed E-state index contributed by atoms with van der Waals surface area (Å²) in [6.07, 6.45) is 4.49. The van der Waals surface area contributed by atoms with Crippen molar-refractivity contribution in [1.82, 2.24) is 5.32 Å². The van der Waals surface area contributed by atoms with E-state index in [2.05, 4.69) is 5.32 Å². The highest BCUT2D eigenvalue weighted by molar-refractivity contribution is 5.96. The van der Waals surface area contributed by atoms with E-state index in [0.29, 0.717) is 17.9 Å². The molecule has 0 aliphatic carbocycles. The van der Waals surface area contributed by atoms with Gasteiger partial charge in [-0.15, -0.1) is 0 Å². The maximum Gasteiger partial charge on any atom is 0.255 e. The van der Waals surface area contributed by atoms with Gasteiger partial charge in [0.1, 0.15) is 5.75 Å². The minimum absolute atomic E-state index is 0.0607. The molecule has 110 valence electrons. The summed E-state index contributed by atoms with van der Waals surface area (Å²) in [7, 11) is 1.58. The van der Waals surface area contributed by atoms with Crippen LogP contribution in [0.3, 0.4) is 0 Å². The van der Waals surface area contributed by atoms with Crippen LogP contribution in [0.15, 0.2) is 24.3 Å².